The van der Waals surface area contributed by atoms with Crippen molar-refractivity contribution in [3.05, 3.63) is 59.7 Å². The molecule has 0 aliphatic carbocycles. The normalized spacial score (nSPS) is 19.8. The molecule has 0 saturated carbocycles. The second kappa shape index (κ2) is 9.94. The fourth-order valence-electron chi connectivity index (χ4n) is 3.87. The van der Waals surface area contributed by atoms with Crippen LogP contribution in [0.5, 0.6) is 5.75 Å². The Morgan fingerprint density at radius 1 is 1.07 bits per heavy atom. The molecule has 152 valence electrons. The Kier molecular flexibility index (Phi) is 7.35. The second-order valence-corrected chi connectivity index (χ2v) is 8.26. The first-order valence-electron chi connectivity index (χ1n) is 10.6. The first-order valence-corrected chi connectivity index (χ1v) is 10.6. The summed E-state index contributed by atoms with van der Waals surface area (Å²) in [5, 5.41) is 11.0. The lowest BCUT2D eigenvalue weighted by molar-refractivity contribution is 0.238. The molecular weight excluding hydrogens is 346 g/mol. The van der Waals surface area contributed by atoms with E-state index in [1.807, 2.05) is 0 Å². The van der Waals surface area contributed by atoms with E-state index in [4.69, 9.17) is 4.74 Å². The summed E-state index contributed by atoms with van der Waals surface area (Å²) in [6.45, 7) is 10.4. The minimum Gasteiger partial charge on any atom is -0.491 e. The Bertz CT molecular complexity index is 730. The van der Waals surface area contributed by atoms with Crippen LogP contribution in [0.3, 0.4) is 0 Å². The summed E-state index contributed by atoms with van der Waals surface area (Å²) in [4.78, 5) is 0. The zero-order valence-electron chi connectivity index (χ0n) is 17.7. The van der Waals surface area contributed by atoms with Gasteiger partial charge in [-0.1, -0.05) is 30.3 Å². The minimum atomic E-state index is 0.163. The van der Waals surface area contributed by atoms with E-state index in [0.717, 1.165) is 24.5 Å². The number of ether oxygens (including phenoxy) is 1. The monoisotopic (exact) mass is 381 g/mol. The van der Waals surface area contributed by atoms with Crippen molar-refractivity contribution < 1.29 is 4.74 Å². The van der Waals surface area contributed by atoms with E-state index in [-0.39, 0.29) is 6.10 Å². The average Bonchev–Trinajstić information content (AvgIpc) is 2.68. The third-order valence-electron chi connectivity index (χ3n) is 5.05. The quantitative estimate of drug-likeness (QED) is 0.610. The Hall–Kier alpha value is -2.04. The van der Waals surface area contributed by atoms with E-state index in [0.29, 0.717) is 18.1 Å². The molecule has 1 aliphatic rings. The summed E-state index contributed by atoms with van der Waals surface area (Å²) in [6, 6.07) is 18.4. The molecule has 28 heavy (non-hydrogen) atoms. The largest absolute Gasteiger partial charge is 0.491 e. The van der Waals surface area contributed by atoms with Crippen LogP contribution in [-0.4, -0.2) is 24.7 Å². The van der Waals surface area contributed by atoms with Gasteiger partial charge in [-0.25, -0.2) is 0 Å². The van der Waals surface area contributed by atoms with Crippen LogP contribution in [-0.2, 0) is 6.54 Å². The standard InChI is InChI=1S/C24H35N3O/c1-17(2)27-21-12-13-23(28-18(3)4)20(15-21)16-26-22-11-8-14-25-24(22)19-9-6-5-7-10-19/h5-7,9-10,12-13,15,17-18,22,24-27H,8,11,14,16H2,1-4H3/t22-,24-/m0/s1. The maximum Gasteiger partial charge on any atom is 0.124 e. The van der Waals surface area contributed by atoms with E-state index in [1.165, 1.54) is 24.0 Å². The van der Waals surface area contributed by atoms with Crippen LogP contribution in [0.25, 0.3) is 0 Å². The summed E-state index contributed by atoms with van der Waals surface area (Å²) >= 11 is 0. The lowest BCUT2D eigenvalue weighted by atomic mass is 9.92. The Balaban J connectivity index is 1.75. The highest BCUT2D eigenvalue weighted by molar-refractivity contribution is 5.51. The van der Waals surface area contributed by atoms with Crippen molar-refractivity contribution in [3.8, 4) is 5.75 Å². The minimum absolute atomic E-state index is 0.163. The summed E-state index contributed by atoms with van der Waals surface area (Å²) in [7, 11) is 0. The molecule has 3 rings (SSSR count). The SMILES string of the molecule is CC(C)Nc1ccc(OC(C)C)c(CN[C@H]2CCCN[C@H]2c2ccccc2)c1. The molecule has 2 aromatic rings. The van der Waals surface area contributed by atoms with E-state index in [9.17, 15) is 0 Å². The lowest BCUT2D eigenvalue weighted by Gasteiger charge is -2.34. The zero-order chi connectivity index (χ0) is 19.9. The fourth-order valence-corrected chi connectivity index (χ4v) is 3.87. The number of piperidine rings is 1. The van der Waals surface area contributed by atoms with Crippen LogP contribution in [0.4, 0.5) is 5.69 Å². The van der Waals surface area contributed by atoms with Crippen LogP contribution in [0.1, 0.15) is 57.7 Å². The average molecular weight is 382 g/mol. The summed E-state index contributed by atoms with van der Waals surface area (Å²) in [5.41, 5.74) is 3.70. The summed E-state index contributed by atoms with van der Waals surface area (Å²) in [6.07, 6.45) is 2.54. The Morgan fingerprint density at radius 2 is 1.86 bits per heavy atom. The molecule has 1 saturated heterocycles. The van der Waals surface area contributed by atoms with E-state index >= 15 is 0 Å². The molecule has 0 unspecified atom stereocenters. The first kappa shape index (κ1) is 20.7. The summed E-state index contributed by atoms with van der Waals surface area (Å²) < 4.78 is 6.07. The number of anilines is 1. The van der Waals surface area contributed by atoms with Crippen molar-refractivity contribution in [1.82, 2.24) is 10.6 Å². The number of hydrogen-bond donors (Lipinski definition) is 3. The summed E-state index contributed by atoms with van der Waals surface area (Å²) in [5.74, 6) is 0.969. The molecule has 0 radical (unpaired) electrons. The highest BCUT2D eigenvalue weighted by atomic mass is 16.5. The van der Waals surface area contributed by atoms with Gasteiger partial charge in [-0.15, -0.1) is 0 Å². The zero-order valence-corrected chi connectivity index (χ0v) is 17.7. The molecule has 0 spiro atoms. The Morgan fingerprint density at radius 3 is 2.57 bits per heavy atom. The maximum absolute atomic E-state index is 6.07. The predicted molar refractivity (Wildman–Crippen MR) is 118 cm³/mol. The van der Waals surface area contributed by atoms with Gasteiger partial charge in [-0.2, -0.15) is 0 Å². The van der Waals surface area contributed by atoms with Gasteiger partial charge in [0.15, 0.2) is 0 Å². The molecule has 2 aromatic carbocycles. The van der Waals surface area contributed by atoms with Crippen LogP contribution in [0.15, 0.2) is 48.5 Å². The predicted octanol–water partition coefficient (Wildman–Crippen LogP) is 4.88. The molecule has 4 heteroatoms. The molecule has 1 aliphatic heterocycles. The molecule has 2 atom stereocenters. The molecule has 3 N–H and O–H groups in total. The highest BCUT2D eigenvalue weighted by Gasteiger charge is 2.25. The van der Waals surface area contributed by atoms with Crippen molar-refractivity contribution in [3.63, 3.8) is 0 Å². The molecule has 1 fully saturated rings. The van der Waals surface area contributed by atoms with Crippen molar-refractivity contribution in [1.29, 1.82) is 0 Å². The third kappa shape index (κ3) is 5.73. The van der Waals surface area contributed by atoms with Crippen molar-refractivity contribution in [2.24, 2.45) is 0 Å². The van der Waals surface area contributed by atoms with Gasteiger partial charge in [0.2, 0.25) is 0 Å². The first-order chi connectivity index (χ1) is 13.5. The molecular formula is C24H35N3O. The fraction of sp³-hybridized carbons (Fsp3) is 0.500. The van der Waals surface area contributed by atoms with E-state index < -0.39 is 0 Å². The van der Waals surface area contributed by atoms with Gasteiger partial charge in [0.1, 0.15) is 5.75 Å². The topological polar surface area (TPSA) is 45.3 Å². The second-order valence-electron chi connectivity index (χ2n) is 8.26. The van der Waals surface area contributed by atoms with Gasteiger partial charge >= 0.3 is 0 Å². The number of nitrogens with one attached hydrogen (secondary N) is 3. The van der Waals surface area contributed by atoms with E-state index in [1.54, 1.807) is 0 Å². The van der Waals surface area contributed by atoms with Crippen LogP contribution < -0.4 is 20.7 Å². The molecule has 1 heterocycles. The Labute approximate surface area is 170 Å². The molecule has 0 aromatic heterocycles. The molecule has 4 nitrogen and oxygen atoms in total. The van der Waals surface area contributed by atoms with Crippen molar-refractivity contribution >= 4 is 5.69 Å². The van der Waals surface area contributed by atoms with Gasteiger partial charge < -0.3 is 20.7 Å². The maximum atomic E-state index is 6.07. The highest BCUT2D eigenvalue weighted by Crippen LogP contribution is 2.27. The van der Waals surface area contributed by atoms with Crippen molar-refractivity contribution in [2.75, 3.05) is 11.9 Å². The van der Waals surface area contributed by atoms with Gasteiger partial charge in [0.25, 0.3) is 0 Å². The molecule has 0 amide bonds. The van der Waals surface area contributed by atoms with Crippen LogP contribution in [0, 0.1) is 0 Å². The number of rotatable bonds is 8. The van der Waals surface area contributed by atoms with Gasteiger partial charge in [0.05, 0.1) is 6.10 Å². The molecule has 0 bridgehead atoms. The van der Waals surface area contributed by atoms with Gasteiger partial charge in [0, 0.05) is 35.9 Å². The van der Waals surface area contributed by atoms with Crippen LogP contribution >= 0.6 is 0 Å². The number of hydrogen-bond acceptors (Lipinski definition) is 4. The number of benzene rings is 2. The smallest absolute Gasteiger partial charge is 0.124 e. The van der Waals surface area contributed by atoms with E-state index in [2.05, 4.69) is 92.2 Å². The van der Waals surface area contributed by atoms with Gasteiger partial charge in [-0.3, -0.25) is 0 Å². The van der Waals surface area contributed by atoms with Crippen molar-refractivity contribution in [2.45, 2.75) is 71.3 Å². The third-order valence-corrected chi connectivity index (χ3v) is 5.05. The van der Waals surface area contributed by atoms with Crippen LogP contribution in [0.2, 0.25) is 0 Å². The van der Waals surface area contributed by atoms with Gasteiger partial charge in [-0.05, 0) is 70.8 Å². The lowest BCUT2D eigenvalue weighted by Crippen LogP contribution is -2.45.